The molecule has 0 aliphatic carbocycles. The summed E-state index contributed by atoms with van der Waals surface area (Å²) in [5.41, 5.74) is 4.17. The molecule has 0 N–H and O–H groups in total. The van der Waals surface area contributed by atoms with E-state index in [1.165, 1.54) is 11.1 Å². The van der Waals surface area contributed by atoms with Crippen molar-refractivity contribution >= 4 is 5.97 Å². The molecule has 0 aromatic carbocycles. The quantitative estimate of drug-likeness (QED) is 0.309. The Labute approximate surface area is 147 Å². The molecule has 0 aromatic rings. The highest BCUT2D eigenvalue weighted by molar-refractivity contribution is 5.88. The molecule has 0 aliphatic heterocycles. The maximum absolute atomic E-state index is 11.4. The third kappa shape index (κ3) is 12.2. The summed E-state index contributed by atoms with van der Waals surface area (Å²) in [5, 5.41) is 0. The van der Waals surface area contributed by atoms with E-state index in [1.54, 1.807) is 19.9 Å². The van der Waals surface area contributed by atoms with Gasteiger partial charge in [-0.15, -0.1) is 0 Å². The lowest BCUT2D eigenvalue weighted by Crippen LogP contribution is -2.04. The first-order chi connectivity index (χ1) is 11.4. The number of allylic oxidation sites excluding steroid dienone is 13. The van der Waals surface area contributed by atoms with Crippen molar-refractivity contribution in [3.8, 4) is 0 Å². The van der Waals surface area contributed by atoms with Crippen molar-refractivity contribution in [2.45, 2.75) is 41.5 Å². The molecule has 0 heterocycles. The zero-order valence-corrected chi connectivity index (χ0v) is 15.8. The standard InChI is InChI=1S/C22H30O2/c1-7-24-22(23)21(6)17-11-16-20(5)14-9-8-13-19(4)15-10-12-18(2)3/h8-17H,7H2,1-6H3/b9-8+,15-10+,16-11+,19-13+,20-14+,21-17+. The van der Waals surface area contributed by atoms with E-state index in [0.717, 1.165) is 5.57 Å². The normalized spacial score (nSPS) is 14.0. The monoisotopic (exact) mass is 326 g/mol. The highest BCUT2D eigenvalue weighted by Crippen LogP contribution is 2.02. The van der Waals surface area contributed by atoms with Gasteiger partial charge < -0.3 is 4.74 Å². The first-order valence-corrected chi connectivity index (χ1v) is 8.22. The summed E-state index contributed by atoms with van der Waals surface area (Å²) in [5.74, 6) is -0.273. The van der Waals surface area contributed by atoms with E-state index in [9.17, 15) is 4.79 Å². The average Bonchev–Trinajstić information content (AvgIpc) is 2.51. The Bertz CT molecular complexity index is 602. The largest absolute Gasteiger partial charge is 0.463 e. The summed E-state index contributed by atoms with van der Waals surface area (Å²) in [6.45, 7) is 12.2. The van der Waals surface area contributed by atoms with Crippen molar-refractivity contribution < 1.29 is 9.53 Å². The van der Waals surface area contributed by atoms with Crippen molar-refractivity contribution in [3.05, 3.63) is 83.1 Å². The zero-order chi connectivity index (χ0) is 18.4. The first-order valence-electron chi connectivity index (χ1n) is 8.22. The molecule has 0 aliphatic rings. The number of hydrogen-bond acceptors (Lipinski definition) is 2. The van der Waals surface area contributed by atoms with Gasteiger partial charge in [-0.2, -0.15) is 0 Å². The van der Waals surface area contributed by atoms with Gasteiger partial charge in [0.05, 0.1) is 6.61 Å². The molecule has 0 radical (unpaired) electrons. The van der Waals surface area contributed by atoms with Gasteiger partial charge in [0.1, 0.15) is 0 Å². The summed E-state index contributed by atoms with van der Waals surface area (Å²) in [7, 11) is 0. The molecule has 0 aromatic heterocycles. The van der Waals surface area contributed by atoms with E-state index in [-0.39, 0.29) is 5.97 Å². The van der Waals surface area contributed by atoms with Crippen LogP contribution in [0.4, 0.5) is 0 Å². The van der Waals surface area contributed by atoms with E-state index < -0.39 is 0 Å². The average molecular weight is 326 g/mol. The van der Waals surface area contributed by atoms with E-state index in [1.807, 2.05) is 37.3 Å². The first kappa shape index (κ1) is 21.7. The van der Waals surface area contributed by atoms with Gasteiger partial charge in [0.2, 0.25) is 0 Å². The minimum atomic E-state index is -0.273. The molecule has 0 fully saturated rings. The van der Waals surface area contributed by atoms with Crippen LogP contribution in [0, 0.1) is 0 Å². The van der Waals surface area contributed by atoms with Gasteiger partial charge in [-0.05, 0) is 41.5 Å². The van der Waals surface area contributed by atoms with Gasteiger partial charge >= 0.3 is 5.97 Å². The number of carbonyl (C=O) groups excluding carboxylic acids is 1. The Balaban J connectivity index is 4.57. The third-order valence-electron chi connectivity index (χ3n) is 2.92. The minimum Gasteiger partial charge on any atom is -0.463 e. The predicted molar refractivity (Wildman–Crippen MR) is 105 cm³/mol. The third-order valence-corrected chi connectivity index (χ3v) is 2.92. The van der Waals surface area contributed by atoms with Crippen LogP contribution in [-0.2, 0) is 9.53 Å². The van der Waals surface area contributed by atoms with Crippen LogP contribution in [0.5, 0.6) is 0 Å². The van der Waals surface area contributed by atoms with Crippen molar-refractivity contribution in [1.29, 1.82) is 0 Å². The maximum Gasteiger partial charge on any atom is 0.333 e. The molecule has 0 bridgehead atoms. The Morgan fingerprint density at radius 1 is 0.750 bits per heavy atom. The SMILES string of the molecule is CCOC(=O)/C(C)=C/C=C/C(C)=C/C=C/C=C(C)/C=C/C=C(C)C. The second-order valence-electron chi connectivity index (χ2n) is 5.74. The van der Waals surface area contributed by atoms with Crippen LogP contribution in [0.3, 0.4) is 0 Å². The molecule has 0 unspecified atom stereocenters. The van der Waals surface area contributed by atoms with Crippen LogP contribution in [0.1, 0.15) is 41.5 Å². The van der Waals surface area contributed by atoms with Crippen molar-refractivity contribution in [1.82, 2.24) is 0 Å². The van der Waals surface area contributed by atoms with Crippen molar-refractivity contribution in [2.24, 2.45) is 0 Å². The smallest absolute Gasteiger partial charge is 0.333 e. The predicted octanol–water partition coefficient (Wildman–Crippen LogP) is 6.02. The highest BCUT2D eigenvalue weighted by Gasteiger charge is 2.01. The molecule has 0 rings (SSSR count). The van der Waals surface area contributed by atoms with E-state index in [2.05, 4.69) is 45.1 Å². The molecule has 24 heavy (non-hydrogen) atoms. The minimum absolute atomic E-state index is 0.273. The van der Waals surface area contributed by atoms with Crippen LogP contribution in [0.15, 0.2) is 83.1 Å². The Kier molecular flexibility index (Phi) is 11.8. The lowest BCUT2D eigenvalue weighted by atomic mass is 10.2. The van der Waals surface area contributed by atoms with Gasteiger partial charge in [-0.3, -0.25) is 0 Å². The molecule has 0 saturated carbocycles. The molecule has 2 heteroatoms. The summed E-state index contributed by atoms with van der Waals surface area (Å²) < 4.78 is 4.92. The molecule has 0 spiro atoms. The molecule has 0 amide bonds. The molecule has 0 atom stereocenters. The van der Waals surface area contributed by atoms with E-state index in [0.29, 0.717) is 12.2 Å². The molecule has 130 valence electrons. The summed E-state index contributed by atoms with van der Waals surface area (Å²) >= 11 is 0. The second-order valence-corrected chi connectivity index (χ2v) is 5.74. The lowest BCUT2D eigenvalue weighted by Gasteiger charge is -1.99. The Morgan fingerprint density at radius 2 is 1.25 bits per heavy atom. The molecule has 0 saturated heterocycles. The second kappa shape index (κ2) is 13.1. The number of ether oxygens (including phenoxy) is 1. The lowest BCUT2D eigenvalue weighted by molar-refractivity contribution is -0.138. The zero-order valence-electron chi connectivity index (χ0n) is 15.8. The van der Waals surface area contributed by atoms with Crippen LogP contribution >= 0.6 is 0 Å². The van der Waals surface area contributed by atoms with Gasteiger partial charge in [0, 0.05) is 5.57 Å². The fourth-order valence-corrected chi connectivity index (χ4v) is 1.58. The van der Waals surface area contributed by atoms with Crippen LogP contribution in [0.25, 0.3) is 0 Å². The van der Waals surface area contributed by atoms with Gasteiger partial charge in [0.15, 0.2) is 0 Å². The van der Waals surface area contributed by atoms with Crippen molar-refractivity contribution in [2.75, 3.05) is 6.61 Å². The topological polar surface area (TPSA) is 26.3 Å². The van der Waals surface area contributed by atoms with E-state index in [4.69, 9.17) is 4.74 Å². The summed E-state index contributed by atoms with van der Waals surface area (Å²) in [6, 6.07) is 0. The van der Waals surface area contributed by atoms with Gasteiger partial charge in [0.25, 0.3) is 0 Å². The Morgan fingerprint density at radius 3 is 1.71 bits per heavy atom. The molecule has 2 nitrogen and oxygen atoms in total. The summed E-state index contributed by atoms with van der Waals surface area (Å²) in [6.07, 6.45) is 19.9. The number of esters is 1. The number of carbonyl (C=O) groups is 1. The number of rotatable bonds is 8. The van der Waals surface area contributed by atoms with Crippen LogP contribution in [-0.4, -0.2) is 12.6 Å². The van der Waals surface area contributed by atoms with Crippen LogP contribution in [0.2, 0.25) is 0 Å². The van der Waals surface area contributed by atoms with Gasteiger partial charge in [-0.25, -0.2) is 4.79 Å². The fourth-order valence-electron chi connectivity index (χ4n) is 1.58. The fraction of sp³-hybridized carbons (Fsp3) is 0.318. The summed E-state index contributed by atoms with van der Waals surface area (Å²) in [4.78, 5) is 11.4. The number of hydrogen-bond donors (Lipinski definition) is 0. The maximum atomic E-state index is 11.4. The van der Waals surface area contributed by atoms with Gasteiger partial charge in [-0.1, -0.05) is 77.5 Å². The van der Waals surface area contributed by atoms with Crippen LogP contribution < -0.4 is 0 Å². The molecular formula is C22H30O2. The van der Waals surface area contributed by atoms with Crippen molar-refractivity contribution in [3.63, 3.8) is 0 Å². The molecular weight excluding hydrogens is 296 g/mol. The van der Waals surface area contributed by atoms with E-state index >= 15 is 0 Å². The highest BCUT2D eigenvalue weighted by atomic mass is 16.5. The Hall–Kier alpha value is -2.35.